The van der Waals surface area contributed by atoms with Gasteiger partial charge in [0.15, 0.2) is 0 Å². The fourth-order valence-corrected chi connectivity index (χ4v) is 3.18. The fraction of sp³-hybridized carbons (Fsp3) is 0.375. The summed E-state index contributed by atoms with van der Waals surface area (Å²) < 4.78 is 17.3. The predicted molar refractivity (Wildman–Crippen MR) is 109 cm³/mol. The summed E-state index contributed by atoms with van der Waals surface area (Å²) >= 11 is 0. The van der Waals surface area contributed by atoms with E-state index in [1.54, 1.807) is 7.11 Å². The molecule has 0 N–H and O–H groups in total. The Hall–Kier alpha value is -2.59. The van der Waals surface area contributed by atoms with Crippen molar-refractivity contribution in [1.29, 1.82) is 0 Å². The van der Waals surface area contributed by atoms with Gasteiger partial charge in [-0.1, -0.05) is 42.5 Å². The molecule has 2 atom stereocenters. The average molecular weight is 380 g/mol. The van der Waals surface area contributed by atoms with E-state index in [1.165, 1.54) is 0 Å². The van der Waals surface area contributed by atoms with Crippen molar-refractivity contribution in [3.05, 3.63) is 77.6 Å². The zero-order valence-electron chi connectivity index (χ0n) is 17.0. The van der Waals surface area contributed by atoms with Gasteiger partial charge in [-0.15, -0.1) is 0 Å². The molecule has 3 rings (SSSR count). The molecule has 0 fully saturated rings. The summed E-state index contributed by atoms with van der Waals surface area (Å²) in [5.74, 6) is 1.10. The third-order valence-electron chi connectivity index (χ3n) is 4.83. The van der Waals surface area contributed by atoms with Crippen LogP contribution in [0.15, 0.2) is 66.4 Å². The highest BCUT2D eigenvalue weighted by Gasteiger charge is 2.36. The van der Waals surface area contributed by atoms with Crippen LogP contribution in [0, 0.1) is 5.41 Å². The Kier molecular flexibility index (Phi) is 6.20. The number of carbonyl (C=O) groups is 1. The molecule has 0 bridgehead atoms. The summed E-state index contributed by atoms with van der Waals surface area (Å²) in [5, 5.41) is 0. The maximum Gasteiger partial charge on any atom is 0.316 e. The van der Waals surface area contributed by atoms with Crippen LogP contribution < -0.4 is 4.74 Å². The maximum absolute atomic E-state index is 12.5. The van der Waals surface area contributed by atoms with Crippen LogP contribution in [0.3, 0.4) is 0 Å². The summed E-state index contributed by atoms with van der Waals surface area (Å²) in [4.78, 5) is 12.5. The standard InChI is InChI=1S/C24H28O4/c1-24(2,3)23(25)28-21-15-14-20(27-16-17-8-6-5-7-9-17)22(21)18-10-12-19(26-4)13-11-18/h5-13,15,20,22H,14,16H2,1-4H3/t20-,22+/m1/s1. The normalized spacial score (nSPS) is 19.2. The van der Waals surface area contributed by atoms with E-state index in [0.29, 0.717) is 18.8 Å². The molecule has 2 aromatic carbocycles. The zero-order chi connectivity index (χ0) is 20.1. The second-order valence-electron chi connectivity index (χ2n) is 8.07. The molecule has 0 heterocycles. The van der Waals surface area contributed by atoms with Gasteiger partial charge in [0, 0.05) is 0 Å². The van der Waals surface area contributed by atoms with E-state index in [1.807, 2.05) is 81.4 Å². The molecule has 4 nitrogen and oxygen atoms in total. The molecule has 0 aliphatic heterocycles. The summed E-state index contributed by atoms with van der Waals surface area (Å²) in [7, 11) is 1.65. The van der Waals surface area contributed by atoms with E-state index in [4.69, 9.17) is 14.2 Å². The van der Waals surface area contributed by atoms with Gasteiger partial charge in [-0.25, -0.2) is 0 Å². The summed E-state index contributed by atoms with van der Waals surface area (Å²) in [6, 6.07) is 17.9. The Morgan fingerprint density at radius 1 is 1.04 bits per heavy atom. The van der Waals surface area contributed by atoms with Crippen molar-refractivity contribution >= 4 is 5.97 Å². The molecule has 4 heteroatoms. The van der Waals surface area contributed by atoms with Crippen LogP contribution in [0.5, 0.6) is 5.75 Å². The van der Waals surface area contributed by atoms with Gasteiger partial charge in [-0.2, -0.15) is 0 Å². The molecule has 2 aromatic rings. The van der Waals surface area contributed by atoms with E-state index >= 15 is 0 Å². The molecule has 0 spiro atoms. The lowest BCUT2D eigenvalue weighted by Gasteiger charge is -2.25. The van der Waals surface area contributed by atoms with Crippen LogP contribution in [0.4, 0.5) is 0 Å². The molecule has 1 aliphatic carbocycles. The van der Waals surface area contributed by atoms with Gasteiger partial charge >= 0.3 is 5.97 Å². The highest BCUT2D eigenvalue weighted by atomic mass is 16.5. The summed E-state index contributed by atoms with van der Waals surface area (Å²) in [6.07, 6.45) is 2.60. The van der Waals surface area contributed by atoms with Crippen molar-refractivity contribution in [1.82, 2.24) is 0 Å². The van der Waals surface area contributed by atoms with Crippen LogP contribution >= 0.6 is 0 Å². The highest BCUT2D eigenvalue weighted by Crippen LogP contribution is 2.40. The van der Waals surface area contributed by atoms with Crippen LogP contribution in [-0.2, 0) is 20.9 Å². The van der Waals surface area contributed by atoms with Crippen molar-refractivity contribution in [3.63, 3.8) is 0 Å². The predicted octanol–water partition coefficient (Wildman–Crippen LogP) is 5.24. The molecule has 0 unspecified atom stereocenters. The minimum atomic E-state index is -0.561. The Morgan fingerprint density at radius 3 is 2.32 bits per heavy atom. The van der Waals surface area contributed by atoms with Gasteiger partial charge in [-0.05, 0) is 56.5 Å². The first-order valence-electron chi connectivity index (χ1n) is 9.60. The number of rotatable bonds is 6. The van der Waals surface area contributed by atoms with Gasteiger partial charge in [0.1, 0.15) is 11.5 Å². The molecule has 1 aliphatic rings. The van der Waals surface area contributed by atoms with Gasteiger partial charge in [0.2, 0.25) is 0 Å². The SMILES string of the molecule is COc1ccc([C@@H]2C(OC(=O)C(C)(C)C)=CC[C@H]2OCc2ccccc2)cc1. The number of ether oxygens (including phenoxy) is 3. The van der Waals surface area contributed by atoms with Gasteiger partial charge in [-0.3, -0.25) is 4.79 Å². The zero-order valence-corrected chi connectivity index (χ0v) is 17.0. The molecule has 0 saturated heterocycles. The monoisotopic (exact) mass is 380 g/mol. The molecule has 148 valence electrons. The van der Waals surface area contributed by atoms with Crippen molar-refractivity contribution < 1.29 is 19.0 Å². The van der Waals surface area contributed by atoms with Gasteiger partial charge < -0.3 is 14.2 Å². The minimum Gasteiger partial charge on any atom is -0.497 e. The molecule has 0 saturated carbocycles. The molecular weight excluding hydrogens is 352 g/mol. The number of hydrogen-bond acceptors (Lipinski definition) is 4. The first kappa shape index (κ1) is 20.2. The quantitative estimate of drug-likeness (QED) is 0.643. The first-order valence-corrected chi connectivity index (χ1v) is 9.60. The fourth-order valence-electron chi connectivity index (χ4n) is 3.18. The van der Waals surface area contributed by atoms with Crippen molar-refractivity contribution in [2.45, 2.75) is 45.8 Å². The van der Waals surface area contributed by atoms with E-state index in [9.17, 15) is 4.79 Å². The van der Waals surface area contributed by atoms with Gasteiger partial charge in [0.25, 0.3) is 0 Å². The smallest absolute Gasteiger partial charge is 0.316 e. The Balaban J connectivity index is 1.80. The molecule has 0 amide bonds. The van der Waals surface area contributed by atoms with E-state index < -0.39 is 5.41 Å². The van der Waals surface area contributed by atoms with E-state index in [-0.39, 0.29) is 18.0 Å². The lowest BCUT2D eigenvalue weighted by Crippen LogP contribution is -2.26. The molecule has 0 radical (unpaired) electrons. The van der Waals surface area contributed by atoms with Crippen molar-refractivity contribution in [3.8, 4) is 5.75 Å². The number of carbonyl (C=O) groups excluding carboxylic acids is 1. The Bertz CT molecular complexity index is 816. The van der Waals surface area contributed by atoms with Crippen LogP contribution in [0.25, 0.3) is 0 Å². The first-order chi connectivity index (χ1) is 13.4. The second-order valence-corrected chi connectivity index (χ2v) is 8.07. The van der Waals surface area contributed by atoms with Gasteiger partial charge in [0.05, 0.1) is 31.2 Å². The van der Waals surface area contributed by atoms with Crippen molar-refractivity contribution in [2.75, 3.05) is 7.11 Å². The number of hydrogen-bond donors (Lipinski definition) is 0. The Morgan fingerprint density at radius 2 is 1.71 bits per heavy atom. The largest absolute Gasteiger partial charge is 0.497 e. The third-order valence-corrected chi connectivity index (χ3v) is 4.83. The Labute approximate surface area is 167 Å². The number of esters is 1. The van der Waals surface area contributed by atoms with E-state index in [2.05, 4.69) is 0 Å². The average Bonchev–Trinajstić information content (AvgIpc) is 3.09. The number of benzene rings is 2. The van der Waals surface area contributed by atoms with Crippen molar-refractivity contribution in [2.24, 2.45) is 5.41 Å². The lowest BCUT2D eigenvalue weighted by atomic mass is 9.94. The lowest BCUT2D eigenvalue weighted by molar-refractivity contribution is -0.149. The summed E-state index contributed by atoms with van der Waals surface area (Å²) in [5.41, 5.74) is 1.61. The van der Waals surface area contributed by atoms with E-state index in [0.717, 1.165) is 16.9 Å². The summed E-state index contributed by atoms with van der Waals surface area (Å²) in [6.45, 7) is 6.09. The highest BCUT2D eigenvalue weighted by molar-refractivity contribution is 5.76. The molecule has 0 aromatic heterocycles. The van der Waals surface area contributed by atoms with Crippen LogP contribution in [0.1, 0.15) is 44.2 Å². The third kappa shape index (κ3) is 4.82. The molecule has 28 heavy (non-hydrogen) atoms. The minimum absolute atomic E-state index is 0.0867. The van der Waals surface area contributed by atoms with Crippen LogP contribution in [-0.4, -0.2) is 19.2 Å². The topological polar surface area (TPSA) is 44.8 Å². The second kappa shape index (κ2) is 8.61. The molecular formula is C24H28O4. The number of methoxy groups -OCH3 is 1. The van der Waals surface area contributed by atoms with Crippen LogP contribution in [0.2, 0.25) is 0 Å². The maximum atomic E-state index is 12.5.